The van der Waals surface area contributed by atoms with Gasteiger partial charge in [-0.1, -0.05) is 35.3 Å². The molecule has 7 nitrogen and oxygen atoms in total. The summed E-state index contributed by atoms with van der Waals surface area (Å²) in [4.78, 5) is 26.6. The van der Waals surface area contributed by atoms with Crippen molar-refractivity contribution in [2.24, 2.45) is 0 Å². The molecule has 1 saturated heterocycles. The normalized spacial score (nSPS) is 24.7. The minimum Gasteiger partial charge on any atom is -0.466 e. The first-order valence-electron chi connectivity index (χ1n) is 8.19. The third kappa shape index (κ3) is 3.66. The van der Waals surface area contributed by atoms with Crippen molar-refractivity contribution in [2.75, 3.05) is 18.6 Å². The van der Waals surface area contributed by atoms with Crippen molar-refractivity contribution in [3.8, 4) is 0 Å². The van der Waals surface area contributed by atoms with Gasteiger partial charge in [0.2, 0.25) is 0 Å². The number of hydrogen-bond donors (Lipinski definition) is 1. The molecule has 1 aromatic rings. The van der Waals surface area contributed by atoms with Crippen LogP contribution in [0.15, 0.2) is 29.5 Å². The van der Waals surface area contributed by atoms with E-state index in [0.29, 0.717) is 17.7 Å². The van der Waals surface area contributed by atoms with E-state index in [1.807, 2.05) is 0 Å². The molecule has 0 radical (unpaired) electrons. The molecule has 1 fully saturated rings. The van der Waals surface area contributed by atoms with Crippen LogP contribution in [0.3, 0.4) is 0 Å². The molecular formula is C17H18Cl2N2O5S. The maximum atomic E-state index is 12.8. The fourth-order valence-corrected chi connectivity index (χ4v) is 5.64. The number of carbonyl (C=O) groups is 2. The van der Waals surface area contributed by atoms with Gasteiger partial charge in [-0.3, -0.25) is 4.90 Å². The molecule has 1 N–H and O–H groups in total. The van der Waals surface area contributed by atoms with E-state index in [9.17, 15) is 18.0 Å². The summed E-state index contributed by atoms with van der Waals surface area (Å²) in [5.74, 6) is -0.778. The van der Waals surface area contributed by atoms with Gasteiger partial charge in [0, 0.05) is 5.70 Å². The SMILES string of the molecule is COC(=O)C1=C(C)N([C@@H]2CCS(=O)(=O)C2)C(=O)N[C@@H]1c1cccc(Cl)c1Cl. The number of nitrogens with zero attached hydrogens (tertiary/aromatic N) is 1. The van der Waals surface area contributed by atoms with Crippen LogP contribution in [0, 0.1) is 0 Å². The van der Waals surface area contributed by atoms with E-state index in [1.54, 1.807) is 25.1 Å². The Kier molecular flexibility index (Phi) is 5.42. The number of halogens is 2. The average molecular weight is 433 g/mol. The van der Waals surface area contributed by atoms with Crippen LogP contribution in [-0.4, -0.2) is 50.0 Å². The van der Waals surface area contributed by atoms with Gasteiger partial charge in [-0.2, -0.15) is 0 Å². The van der Waals surface area contributed by atoms with Crippen LogP contribution in [0.4, 0.5) is 4.79 Å². The number of esters is 1. The molecule has 0 aliphatic carbocycles. The third-order valence-electron chi connectivity index (χ3n) is 4.80. The lowest BCUT2D eigenvalue weighted by Crippen LogP contribution is -2.52. The molecule has 0 spiro atoms. The first-order valence-corrected chi connectivity index (χ1v) is 10.8. The highest BCUT2D eigenvalue weighted by molar-refractivity contribution is 7.91. The van der Waals surface area contributed by atoms with Gasteiger partial charge in [-0.05, 0) is 25.0 Å². The summed E-state index contributed by atoms with van der Waals surface area (Å²) in [6.45, 7) is 1.60. The number of sulfone groups is 1. The lowest BCUT2D eigenvalue weighted by atomic mass is 9.94. The van der Waals surface area contributed by atoms with Gasteiger partial charge in [-0.25, -0.2) is 18.0 Å². The third-order valence-corrected chi connectivity index (χ3v) is 7.38. The zero-order chi connectivity index (χ0) is 19.9. The van der Waals surface area contributed by atoms with Crippen LogP contribution in [0.5, 0.6) is 0 Å². The van der Waals surface area contributed by atoms with Gasteiger partial charge >= 0.3 is 12.0 Å². The molecule has 1 aromatic carbocycles. The number of rotatable bonds is 3. The van der Waals surface area contributed by atoms with Gasteiger partial charge < -0.3 is 10.1 Å². The zero-order valence-electron chi connectivity index (χ0n) is 14.7. The lowest BCUT2D eigenvalue weighted by molar-refractivity contribution is -0.136. The van der Waals surface area contributed by atoms with Crippen molar-refractivity contribution in [2.45, 2.75) is 25.4 Å². The van der Waals surface area contributed by atoms with Crippen molar-refractivity contribution in [3.05, 3.63) is 45.1 Å². The van der Waals surface area contributed by atoms with Crippen molar-refractivity contribution < 1.29 is 22.7 Å². The molecule has 2 aliphatic heterocycles. The molecule has 0 unspecified atom stereocenters. The molecule has 2 atom stereocenters. The summed E-state index contributed by atoms with van der Waals surface area (Å²) >= 11 is 12.4. The summed E-state index contributed by atoms with van der Waals surface area (Å²) < 4.78 is 28.6. The number of nitrogens with one attached hydrogen (secondary N) is 1. The van der Waals surface area contributed by atoms with E-state index in [4.69, 9.17) is 27.9 Å². The van der Waals surface area contributed by atoms with Crippen LogP contribution in [0.25, 0.3) is 0 Å². The lowest BCUT2D eigenvalue weighted by Gasteiger charge is -2.38. The predicted octanol–water partition coefficient (Wildman–Crippen LogP) is 2.69. The molecule has 2 amide bonds. The van der Waals surface area contributed by atoms with Gasteiger partial charge in [0.1, 0.15) is 0 Å². The van der Waals surface area contributed by atoms with Crippen LogP contribution in [0.2, 0.25) is 10.0 Å². The van der Waals surface area contributed by atoms with E-state index < -0.39 is 33.9 Å². The summed E-state index contributed by atoms with van der Waals surface area (Å²) in [7, 11) is -1.98. The van der Waals surface area contributed by atoms with Gasteiger partial charge in [0.25, 0.3) is 0 Å². The van der Waals surface area contributed by atoms with E-state index in [0.717, 1.165) is 0 Å². The summed E-state index contributed by atoms with van der Waals surface area (Å²) in [6.07, 6.45) is 0.310. The molecule has 3 rings (SSSR count). The molecule has 27 heavy (non-hydrogen) atoms. The first-order chi connectivity index (χ1) is 12.7. The Hall–Kier alpha value is -1.77. The summed E-state index contributed by atoms with van der Waals surface area (Å²) in [5.41, 5.74) is 0.982. The minimum atomic E-state index is -3.21. The van der Waals surface area contributed by atoms with E-state index in [-0.39, 0.29) is 27.1 Å². The zero-order valence-corrected chi connectivity index (χ0v) is 17.0. The van der Waals surface area contributed by atoms with Crippen molar-refractivity contribution in [3.63, 3.8) is 0 Å². The van der Waals surface area contributed by atoms with E-state index in [1.165, 1.54) is 12.0 Å². The Morgan fingerprint density at radius 1 is 1.33 bits per heavy atom. The first kappa shape index (κ1) is 20.0. The number of ether oxygens (including phenoxy) is 1. The Balaban J connectivity index is 2.11. The van der Waals surface area contributed by atoms with Gasteiger partial charge in [-0.15, -0.1) is 0 Å². The number of methoxy groups -OCH3 is 1. The molecule has 0 aromatic heterocycles. The van der Waals surface area contributed by atoms with Crippen LogP contribution >= 0.6 is 23.2 Å². The second-order valence-corrected chi connectivity index (χ2v) is 9.46. The minimum absolute atomic E-state index is 0.00579. The van der Waals surface area contributed by atoms with Crippen molar-refractivity contribution in [1.82, 2.24) is 10.2 Å². The maximum absolute atomic E-state index is 12.8. The topological polar surface area (TPSA) is 92.8 Å². The standard InChI is InChI=1S/C17H18Cl2N2O5S/c1-9-13(16(22)26-2)15(11-4-3-5-12(18)14(11)19)20-17(23)21(9)10-6-7-27(24,25)8-10/h3-5,10,15H,6-8H2,1-2H3,(H,20,23)/t10-,15-/m1/s1. The summed E-state index contributed by atoms with van der Waals surface area (Å²) in [6, 6.07) is 3.03. The van der Waals surface area contributed by atoms with Crippen molar-refractivity contribution in [1.29, 1.82) is 0 Å². The number of allylic oxidation sites excluding steroid dienone is 1. The molecule has 0 bridgehead atoms. The molecule has 0 saturated carbocycles. The fourth-order valence-electron chi connectivity index (χ4n) is 3.53. The Morgan fingerprint density at radius 2 is 2.04 bits per heavy atom. The van der Waals surface area contributed by atoms with E-state index >= 15 is 0 Å². The van der Waals surface area contributed by atoms with E-state index in [2.05, 4.69) is 5.32 Å². The summed E-state index contributed by atoms with van der Waals surface area (Å²) in [5, 5.41) is 3.25. The average Bonchev–Trinajstić information content (AvgIpc) is 2.95. The van der Waals surface area contributed by atoms with Crippen LogP contribution in [0.1, 0.15) is 24.9 Å². The Labute approximate surface area is 167 Å². The van der Waals surface area contributed by atoms with Crippen LogP contribution in [-0.2, 0) is 19.4 Å². The smallest absolute Gasteiger partial charge is 0.337 e. The molecule has 2 heterocycles. The molecule has 10 heteroatoms. The Morgan fingerprint density at radius 3 is 2.63 bits per heavy atom. The van der Waals surface area contributed by atoms with Gasteiger partial charge in [0.05, 0.1) is 46.3 Å². The van der Waals surface area contributed by atoms with Crippen LogP contribution < -0.4 is 5.32 Å². The Bertz CT molecular complexity index is 945. The second-order valence-electron chi connectivity index (χ2n) is 6.44. The molecular weight excluding hydrogens is 415 g/mol. The largest absolute Gasteiger partial charge is 0.466 e. The highest BCUT2D eigenvalue weighted by atomic mass is 35.5. The number of carbonyl (C=O) groups excluding carboxylic acids is 2. The van der Waals surface area contributed by atoms with Crippen molar-refractivity contribution >= 4 is 45.0 Å². The predicted molar refractivity (Wildman–Crippen MR) is 101 cm³/mol. The second kappa shape index (κ2) is 7.33. The fraction of sp³-hybridized carbons (Fsp3) is 0.412. The quantitative estimate of drug-likeness (QED) is 0.740. The maximum Gasteiger partial charge on any atom is 0.337 e. The molecule has 2 aliphatic rings. The number of hydrogen-bond acceptors (Lipinski definition) is 5. The number of amides is 2. The highest BCUT2D eigenvalue weighted by Gasteiger charge is 2.43. The highest BCUT2D eigenvalue weighted by Crippen LogP contribution is 2.38. The van der Waals surface area contributed by atoms with Gasteiger partial charge in [0.15, 0.2) is 9.84 Å². The number of urea groups is 1. The molecule has 146 valence electrons. The number of benzene rings is 1. The monoisotopic (exact) mass is 432 g/mol.